The Morgan fingerprint density at radius 3 is 2.93 bits per heavy atom. The summed E-state index contributed by atoms with van der Waals surface area (Å²) in [5, 5.41) is 19.0. The van der Waals surface area contributed by atoms with Gasteiger partial charge in [-0.2, -0.15) is 9.78 Å². The van der Waals surface area contributed by atoms with Crippen molar-refractivity contribution in [2.24, 2.45) is 0 Å². The van der Waals surface area contributed by atoms with E-state index in [2.05, 4.69) is 25.7 Å². The molecule has 7 nitrogen and oxygen atoms in total. The molecule has 0 N–H and O–H groups in total. The Bertz CT molecular complexity index is 478. The van der Waals surface area contributed by atoms with E-state index in [1.54, 1.807) is 0 Å². The monoisotopic (exact) mass is 204 g/mol. The molecular weight excluding hydrogens is 196 g/mol. The number of epoxide rings is 1. The van der Waals surface area contributed by atoms with E-state index in [0.717, 1.165) is 17.9 Å². The van der Waals surface area contributed by atoms with Gasteiger partial charge in [-0.05, 0) is 29.0 Å². The van der Waals surface area contributed by atoms with Crippen LogP contribution in [0.25, 0.3) is 5.82 Å². The normalized spacial score (nSPS) is 19.1. The zero-order valence-electron chi connectivity index (χ0n) is 8.03. The summed E-state index contributed by atoms with van der Waals surface area (Å²) in [5.41, 5.74) is 1.94. The summed E-state index contributed by atoms with van der Waals surface area (Å²) in [6.07, 6.45) is 1.61. The average molecular weight is 204 g/mol. The molecule has 0 aliphatic carbocycles. The van der Waals surface area contributed by atoms with Crippen LogP contribution in [0.2, 0.25) is 0 Å². The van der Waals surface area contributed by atoms with Gasteiger partial charge in [0.15, 0.2) is 5.82 Å². The second kappa shape index (κ2) is 3.06. The molecule has 0 saturated carbocycles. The number of ether oxygens (including phenoxy) is 1. The van der Waals surface area contributed by atoms with Crippen LogP contribution in [0.3, 0.4) is 0 Å². The molecule has 3 rings (SSSR count). The standard InChI is InChI=1S/C8H8N6O/c1-5-2-7(14-4-9-12-13-14)10-11-8(5)6-3-15-6/h2,4,6H,3H2,1H3/t6-/m0/s1. The van der Waals surface area contributed by atoms with Crippen molar-refractivity contribution in [1.29, 1.82) is 0 Å². The van der Waals surface area contributed by atoms with E-state index in [9.17, 15) is 0 Å². The minimum Gasteiger partial charge on any atom is -0.366 e. The molecule has 0 amide bonds. The van der Waals surface area contributed by atoms with Gasteiger partial charge >= 0.3 is 0 Å². The Morgan fingerprint density at radius 2 is 2.33 bits per heavy atom. The van der Waals surface area contributed by atoms with Crippen LogP contribution < -0.4 is 0 Å². The number of nitrogens with zero attached hydrogens (tertiary/aromatic N) is 6. The van der Waals surface area contributed by atoms with Crippen molar-refractivity contribution in [2.45, 2.75) is 13.0 Å². The van der Waals surface area contributed by atoms with Crippen molar-refractivity contribution >= 4 is 0 Å². The van der Waals surface area contributed by atoms with Crippen molar-refractivity contribution in [1.82, 2.24) is 30.4 Å². The topological polar surface area (TPSA) is 81.9 Å². The summed E-state index contributed by atoms with van der Waals surface area (Å²) in [6.45, 7) is 2.71. The molecule has 0 spiro atoms. The van der Waals surface area contributed by atoms with Crippen molar-refractivity contribution in [3.63, 3.8) is 0 Å². The van der Waals surface area contributed by atoms with Crippen LogP contribution in [0.4, 0.5) is 0 Å². The van der Waals surface area contributed by atoms with Gasteiger partial charge in [0.25, 0.3) is 0 Å². The molecule has 0 unspecified atom stereocenters. The maximum absolute atomic E-state index is 5.16. The molecule has 15 heavy (non-hydrogen) atoms. The fourth-order valence-electron chi connectivity index (χ4n) is 1.38. The predicted octanol–water partition coefficient (Wildman–Crippen LogP) is -0.168. The second-order valence-electron chi connectivity index (χ2n) is 3.35. The van der Waals surface area contributed by atoms with E-state index >= 15 is 0 Å². The fraction of sp³-hybridized carbons (Fsp3) is 0.375. The number of aromatic nitrogens is 6. The van der Waals surface area contributed by atoms with Crippen LogP contribution in [0.15, 0.2) is 12.4 Å². The lowest BCUT2D eigenvalue weighted by atomic mass is 10.2. The molecule has 3 heterocycles. The van der Waals surface area contributed by atoms with E-state index in [1.165, 1.54) is 11.0 Å². The molecule has 0 bridgehead atoms. The highest BCUT2D eigenvalue weighted by atomic mass is 16.6. The van der Waals surface area contributed by atoms with Gasteiger partial charge in [0.2, 0.25) is 0 Å². The molecule has 1 saturated heterocycles. The van der Waals surface area contributed by atoms with Gasteiger partial charge in [0.05, 0.1) is 12.3 Å². The Kier molecular flexibility index (Phi) is 1.72. The maximum Gasteiger partial charge on any atom is 0.179 e. The smallest absolute Gasteiger partial charge is 0.179 e. The van der Waals surface area contributed by atoms with Crippen LogP contribution in [0, 0.1) is 6.92 Å². The number of tetrazole rings is 1. The van der Waals surface area contributed by atoms with Crippen LogP contribution in [-0.2, 0) is 4.74 Å². The second-order valence-corrected chi connectivity index (χ2v) is 3.35. The Hall–Kier alpha value is -1.89. The Morgan fingerprint density at radius 1 is 1.47 bits per heavy atom. The van der Waals surface area contributed by atoms with Crippen molar-refractivity contribution in [3.05, 3.63) is 23.7 Å². The van der Waals surface area contributed by atoms with Crippen molar-refractivity contribution in [3.8, 4) is 5.82 Å². The molecule has 1 aliphatic heterocycles. The molecule has 1 aliphatic rings. The van der Waals surface area contributed by atoms with Crippen molar-refractivity contribution in [2.75, 3.05) is 6.61 Å². The van der Waals surface area contributed by atoms with Gasteiger partial charge in [0, 0.05) is 0 Å². The summed E-state index contributed by atoms with van der Waals surface area (Å²) < 4.78 is 6.63. The number of hydrogen-bond donors (Lipinski definition) is 0. The average Bonchev–Trinajstić information content (AvgIpc) is 2.93. The quantitative estimate of drug-likeness (QED) is 0.632. The third kappa shape index (κ3) is 1.46. The van der Waals surface area contributed by atoms with E-state index in [0.29, 0.717) is 5.82 Å². The number of rotatable bonds is 2. The van der Waals surface area contributed by atoms with Crippen LogP contribution in [0.5, 0.6) is 0 Å². The first-order chi connectivity index (χ1) is 7.34. The number of aryl methyl sites for hydroxylation is 1. The van der Waals surface area contributed by atoms with Gasteiger partial charge in [-0.15, -0.1) is 10.2 Å². The molecule has 1 fully saturated rings. The lowest BCUT2D eigenvalue weighted by Gasteiger charge is -2.02. The predicted molar refractivity (Wildman–Crippen MR) is 48.2 cm³/mol. The van der Waals surface area contributed by atoms with E-state index in [-0.39, 0.29) is 6.10 Å². The summed E-state index contributed by atoms with van der Waals surface area (Å²) in [6, 6.07) is 1.89. The molecule has 2 aromatic rings. The third-order valence-electron chi connectivity index (χ3n) is 2.23. The molecule has 2 aromatic heterocycles. The summed E-state index contributed by atoms with van der Waals surface area (Å²) in [7, 11) is 0. The molecular formula is C8H8N6O. The van der Waals surface area contributed by atoms with E-state index < -0.39 is 0 Å². The minimum absolute atomic E-state index is 0.125. The molecule has 1 atom stereocenters. The Balaban J connectivity index is 2.01. The van der Waals surface area contributed by atoms with Gasteiger partial charge in [-0.3, -0.25) is 0 Å². The van der Waals surface area contributed by atoms with Gasteiger partial charge in [-0.25, -0.2) is 0 Å². The van der Waals surface area contributed by atoms with E-state index in [1.807, 2.05) is 13.0 Å². The molecule has 0 radical (unpaired) electrons. The zero-order chi connectivity index (χ0) is 10.3. The summed E-state index contributed by atoms with van der Waals surface area (Å²) in [4.78, 5) is 0. The first-order valence-corrected chi connectivity index (χ1v) is 4.54. The van der Waals surface area contributed by atoms with Crippen molar-refractivity contribution < 1.29 is 4.74 Å². The van der Waals surface area contributed by atoms with Gasteiger partial charge < -0.3 is 4.74 Å². The summed E-state index contributed by atoms with van der Waals surface area (Å²) >= 11 is 0. The van der Waals surface area contributed by atoms with Crippen LogP contribution in [-0.4, -0.2) is 37.0 Å². The Labute approximate surface area is 85.1 Å². The lowest BCUT2D eigenvalue weighted by Crippen LogP contribution is -2.04. The van der Waals surface area contributed by atoms with Gasteiger partial charge in [-0.1, -0.05) is 0 Å². The first kappa shape index (κ1) is 8.42. The van der Waals surface area contributed by atoms with Crippen LogP contribution >= 0.6 is 0 Å². The number of hydrogen-bond acceptors (Lipinski definition) is 6. The minimum atomic E-state index is 0.125. The zero-order valence-corrected chi connectivity index (χ0v) is 8.03. The highest BCUT2D eigenvalue weighted by molar-refractivity contribution is 5.29. The lowest BCUT2D eigenvalue weighted by molar-refractivity contribution is 0.408. The fourth-order valence-corrected chi connectivity index (χ4v) is 1.38. The highest BCUT2D eigenvalue weighted by Crippen LogP contribution is 2.30. The maximum atomic E-state index is 5.16. The molecule has 76 valence electrons. The van der Waals surface area contributed by atoms with E-state index in [4.69, 9.17) is 4.74 Å². The summed E-state index contributed by atoms with van der Waals surface area (Å²) in [5.74, 6) is 0.613. The largest absolute Gasteiger partial charge is 0.366 e. The first-order valence-electron chi connectivity index (χ1n) is 4.54. The third-order valence-corrected chi connectivity index (χ3v) is 2.23. The highest BCUT2D eigenvalue weighted by Gasteiger charge is 2.28. The molecule has 7 heteroatoms. The SMILES string of the molecule is Cc1cc(-n2cnnn2)nnc1[C@@H]1CO1. The molecule has 0 aromatic carbocycles. The van der Waals surface area contributed by atoms with Gasteiger partial charge in [0.1, 0.15) is 12.4 Å². The van der Waals surface area contributed by atoms with Crippen LogP contribution in [0.1, 0.15) is 17.4 Å².